The Hall–Kier alpha value is -3.13. The molecule has 0 saturated heterocycles. The van der Waals surface area contributed by atoms with Gasteiger partial charge in [-0.05, 0) is 55.5 Å². The average Bonchev–Trinajstić information content (AvgIpc) is 3.05. The molecule has 8 heteroatoms. The topological polar surface area (TPSA) is 79.6 Å². The average molecular weight is 384 g/mol. The lowest BCUT2D eigenvalue weighted by Gasteiger charge is -2.14. The number of benzene rings is 2. The van der Waals surface area contributed by atoms with Crippen molar-refractivity contribution in [1.29, 1.82) is 0 Å². The first kappa shape index (κ1) is 18.7. The van der Waals surface area contributed by atoms with Crippen LogP contribution in [-0.2, 0) is 4.74 Å². The molecule has 0 bridgehead atoms. The number of nitrogens with zero attached hydrogens (tertiary/aromatic N) is 2. The largest absolute Gasteiger partial charge is 0.462 e. The van der Waals surface area contributed by atoms with Crippen LogP contribution in [-0.4, -0.2) is 36.9 Å². The van der Waals surface area contributed by atoms with Crippen LogP contribution >= 0.6 is 12.2 Å². The van der Waals surface area contributed by atoms with Crippen molar-refractivity contribution in [2.75, 3.05) is 36.2 Å². The standard InChI is InChI=1S/C19H20N4O3S/c1-4-25-18(24)12-8-10-13(11-9-12)20-19(27)21-17-16-14(23(2)3)6-5-7-15(16)26-22-17/h5-11H,4H2,1-3H3,(H2,20,21,22,27). The molecule has 0 aliphatic carbocycles. The molecule has 3 aromatic rings. The van der Waals surface area contributed by atoms with Gasteiger partial charge in [0.05, 0.1) is 23.2 Å². The van der Waals surface area contributed by atoms with Crippen molar-refractivity contribution in [2.24, 2.45) is 0 Å². The summed E-state index contributed by atoms with van der Waals surface area (Å²) in [6.45, 7) is 2.11. The first-order valence-electron chi connectivity index (χ1n) is 8.40. The second-order valence-corrected chi connectivity index (χ2v) is 6.36. The summed E-state index contributed by atoms with van der Waals surface area (Å²) in [5.41, 5.74) is 2.86. The molecule has 1 aromatic heterocycles. The number of carbonyl (C=O) groups is 1. The molecule has 0 saturated carbocycles. The van der Waals surface area contributed by atoms with E-state index < -0.39 is 0 Å². The van der Waals surface area contributed by atoms with Crippen molar-refractivity contribution in [1.82, 2.24) is 5.16 Å². The normalized spacial score (nSPS) is 10.5. The third-order valence-corrected chi connectivity index (χ3v) is 4.05. The van der Waals surface area contributed by atoms with Crippen molar-refractivity contribution in [3.8, 4) is 0 Å². The number of hydrogen-bond acceptors (Lipinski definition) is 6. The number of anilines is 3. The Morgan fingerprint density at radius 3 is 2.59 bits per heavy atom. The third kappa shape index (κ3) is 4.17. The van der Waals surface area contributed by atoms with E-state index in [0.717, 1.165) is 16.8 Å². The monoisotopic (exact) mass is 384 g/mol. The van der Waals surface area contributed by atoms with E-state index in [9.17, 15) is 4.79 Å². The van der Waals surface area contributed by atoms with Gasteiger partial charge < -0.3 is 24.8 Å². The molecule has 0 fully saturated rings. The molecule has 0 spiro atoms. The summed E-state index contributed by atoms with van der Waals surface area (Å²) >= 11 is 5.37. The molecule has 0 amide bonds. The highest BCUT2D eigenvalue weighted by atomic mass is 32.1. The second-order valence-electron chi connectivity index (χ2n) is 5.95. The number of carbonyl (C=O) groups excluding carboxylic acids is 1. The Kier molecular flexibility index (Phi) is 5.56. The lowest BCUT2D eigenvalue weighted by molar-refractivity contribution is 0.0526. The van der Waals surface area contributed by atoms with E-state index in [1.165, 1.54) is 0 Å². The number of fused-ring (bicyclic) bond motifs is 1. The molecule has 0 unspecified atom stereocenters. The van der Waals surface area contributed by atoms with Crippen molar-refractivity contribution in [3.05, 3.63) is 48.0 Å². The molecule has 3 rings (SSSR count). The van der Waals surface area contributed by atoms with E-state index in [-0.39, 0.29) is 5.97 Å². The maximum absolute atomic E-state index is 11.7. The number of esters is 1. The molecule has 1 heterocycles. The quantitative estimate of drug-likeness (QED) is 0.507. The van der Waals surface area contributed by atoms with Gasteiger partial charge in [-0.15, -0.1) is 0 Å². The van der Waals surface area contributed by atoms with Crippen LogP contribution in [0.4, 0.5) is 17.2 Å². The summed E-state index contributed by atoms with van der Waals surface area (Å²) in [4.78, 5) is 13.7. The maximum atomic E-state index is 11.7. The summed E-state index contributed by atoms with van der Waals surface area (Å²) in [6, 6.07) is 12.6. The number of thiocarbonyl (C=S) groups is 1. The van der Waals surface area contributed by atoms with E-state index in [1.54, 1.807) is 31.2 Å². The number of rotatable bonds is 5. The Morgan fingerprint density at radius 2 is 1.93 bits per heavy atom. The van der Waals surface area contributed by atoms with Gasteiger partial charge in [0.1, 0.15) is 0 Å². The molecule has 0 atom stereocenters. The van der Waals surface area contributed by atoms with E-state index in [2.05, 4.69) is 15.8 Å². The van der Waals surface area contributed by atoms with Crippen molar-refractivity contribution in [3.63, 3.8) is 0 Å². The van der Waals surface area contributed by atoms with Gasteiger partial charge in [-0.25, -0.2) is 4.79 Å². The fraction of sp³-hybridized carbons (Fsp3) is 0.211. The maximum Gasteiger partial charge on any atom is 0.338 e. The summed E-state index contributed by atoms with van der Waals surface area (Å²) in [6.07, 6.45) is 0. The summed E-state index contributed by atoms with van der Waals surface area (Å²) in [5, 5.41) is 11.4. The lowest BCUT2D eigenvalue weighted by Crippen LogP contribution is -2.20. The molecule has 0 aliphatic heterocycles. The molecule has 2 N–H and O–H groups in total. The van der Waals surface area contributed by atoms with Crippen molar-refractivity contribution < 1.29 is 14.1 Å². The van der Waals surface area contributed by atoms with Crippen LogP contribution in [0.3, 0.4) is 0 Å². The molecular formula is C19H20N4O3S. The Morgan fingerprint density at radius 1 is 1.19 bits per heavy atom. The number of nitrogens with one attached hydrogen (secondary N) is 2. The zero-order valence-electron chi connectivity index (χ0n) is 15.3. The third-order valence-electron chi connectivity index (χ3n) is 3.84. The molecule has 0 radical (unpaired) electrons. The van der Waals surface area contributed by atoms with Crippen LogP contribution in [0.1, 0.15) is 17.3 Å². The fourth-order valence-electron chi connectivity index (χ4n) is 2.61. The molecule has 0 aliphatic rings. The second kappa shape index (κ2) is 8.05. The minimum absolute atomic E-state index is 0.341. The minimum atomic E-state index is -0.352. The highest BCUT2D eigenvalue weighted by Gasteiger charge is 2.15. The van der Waals surface area contributed by atoms with Gasteiger partial charge in [-0.2, -0.15) is 0 Å². The number of hydrogen-bond donors (Lipinski definition) is 2. The Balaban J connectivity index is 1.73. The van der Waals surface area contributed by atoms with E-state index >= 15 is 0 Å². The van der Waals surface area contributed by atoms with Crippen LogP contribution in [0.2, 0.25) is 0 Å². The minimum Gasteiger partial charge on any atom is -0.462 e. The van der Waals surface area contributed by atoms with E-state index in [4.69, 9.17) is 21.5 Å². The lowest BCUT2D eigenvalue weighted by atomic mass is 10.2. The van der Waals surface area contributed by atoms with Gasteiger partial charge >= 0.3 is 5.97 Å². The Labute approximate surface area is 162 Å². The predicted molar refractivity (Wildman–Crippen MR) is 111 cm³/mol. The van der Waals surface area contributed by atoms with E-state index in [1.807, 2.05) is 37.2 Å². The highest BCUT2D eigenvalue weighted by molar-refractivity contribution is 7.80. The number of ether oxygens (including phenoxy) is 1. The van der Waals surface area contributed by atoms with E-state index in [0.29, 0.717) is 28.7 Å². The number of aromatic nitrogens is 1. The predicted octanol–water partition coefficient (Wildman–Crippen LogP) is 3.88. The van der Waals surface area contributed by atoms with Gasteiger partial charge in [0.25, 0.3) is 0 Å². The first-order chi connectivity index (χ1) is 13.0. The van der Waals surface area contributed by atoms with Crippen LogP contribution in [0.25, 0.3) is 11.0 Å². The molecule has 2 aromatic carbocycles. The zero-order chi connectivity index (χ0) is 19.4. The molecule has 27 heavy (non-hydrogen) atoms. The van der Waals surface area contributed by atoms with Crippen LogP contribution in [0.15, 0.2) is 47.0 Å². The first-order valence-corrected chi connectivity index (χ1v) is 8.81. The highest BCUT2D eigenvalue weighted by Crippen LogP contribution is 2.31. The summed E-state index contributed by atoms with van der Waals surface area (Å²) in [7, 11) is 3.90. The van der Waals surface area contributed by atoms with Crippen LogP contribution in [0.5, 0.6) is 0 Å². The smallest absolute Gasteiger partial charge is 0.338 e. The fourth-order valence-corrected chi connectivity index (χ4v) is 2.82. The molecule has 140 valence electrons. The van der Waals surface area contributed by atoms with Gasteiger partial charge in [-0.1, -0.05) is 11.2 Å². The van der Waals surface area contributed by atoms with Crippen molar-refractivity contribution in [2.45, 2.75) is 6.92 Å². The van der Waals surface area contributed by atoms with Gasteiger partial charge in [-0.3, -0.25) is 0 Å². The Bertz CT molecular complexity index is 967. The van der Waals surface area contributed by atoms with Crippen molar-refractivity contribution >= 4 is 51.5 Å². The zero-order valence-corrected chi connectivity index (χ0v) is 16.1. The van der Waals surface area contributed by atoms with Gasteiger partial charge in [0.2, 0.25) is 0 Å². The SMILES string of the molecule is CCOC(=O)c1ccc(NC(=S)Nc2noc3cccc(N(C)C)c23)cc1. The van der Waals surface area contributed by atoms with Crippen LogP contribution < -0.4 is 15.5 Å². The van der Waals surface area contributed by atoms with Gasteiger partial charge in [0.15, 0.2) is 16.5 Å². The summed E-state index contributed by atoms with van der Waals surface area (Å²) < 4.78 is 10.3. The van der Waals surface area contributed by atoms with Crippen LogP contribution in [0, 0.1) is 0 Å². The molecule has 7 nitrogen and oxygen atoms in total. The van der Waals surface area contributed by atoms with Gasteiger partial charge in [0, 0.05) is 19.8 Å². The molecular weight excluding hydrogens is 364 g/mol. The summed E-state index contributed by atoms with van der Waals surface area (Å²) in [5.74, 6) is 0.185.